The zero-order chi connectivity index (χ0) is 18.9. The monoisotopic (exact) mass is 372 g/mol. The van der Waals surface area contributed by atoms with Crippen molar-refractivity contribution in [2.24, 2.45) is 5.14 Å². The summed E-state index contributed by atoms with van der Waals surface area (Å²) in [6.45, 7) is 1.71. The first-order valence-corrected chi connectivity index (χ1v) is 9.23. The minimum absolute atomic E-state index is 0.0209. The first-order chi connectivity index (χ1) is 12.3. The summed E-state index contributed by atoms with van der Waals surface area (Å²) in [7, 11) is -3.78. The lowest BCUT2D eigenvalue weighted by Crippen LogP contribution is -2.32. The van der Waals surface area contributed by atoms with Crippen molar-refractivity contribution in [1.29, 1.82) is 0 Å². The molecule has 1 aromatic heterocycles. The van der Waals surface area contributed by atoms with Crippen LogP contribution >= 0.6 is 0 Å². The summed E-state index contributed by atoms with van der Waals surface area (Å²) in [6.07, 6.45) is 0. The number of amides is 1. The third kappa shape index (κ3) is 3.48. The Bertz CT molecular complexity index is 1140. The number of carbonyl (C=O) groups is 1. The van der Waals surface area contributed by atoms with Crippen molar-refractivity contribution in [2.75, 3.05) is 0 Å². The number of primary sulfonamides is 1. The zero-order valence-electron chi connectivity index (χ0n) is 13.8. The van der Waals surface area contributed by atoms with Gasteiger partial charge in [0.2, 0.25) is 15.5 Å². The second kappa shape index (κ2) is 6.70. The van der Waals surface area contributed by atoms with E-state index in [1.807, 2.05) is 0 Å². The highest BCUT2D eigenvalue weighted by molar-refractivity contribution is 7.89. The largest absolute Gasteiger partial charge is 0.344 e. The van der Waals surface area contributed by atoms with E-state index in [0.29, 0.717) is 16.5 Å². The molecule has 0 bridgehead atoms. The highest BCUT2D eigenvalue weighted by Gasteiger charge is 2.18. The average molecular weight is 372 g/mol. The van der Waals surface area contributed by atoms with Gasteiger partial charge in [0.25, 0.3) is 5.91 Å². The summed E-state index contributed by atoms with van der Waals surface area (Å²) in [5, 5.41) is 14.6. The third-order valence-corrected chi connectivity index (χ3v) is 4.88. The van der Waals surface area contributed by atoms with E-state index in [4.69, 9.17) is 5.14 Å². The summed E-state index contributed by atoms with van der Waals surface area (Å²) in [5.41, 5.74) is 0.494. The molecule has 8 nitrogen and oxygen atoms in total. The Kier molecular flexibility index (Phi) is 4.58. The number of carbonyl (C=O) groups excluding carboxylic acids is 1. The molecule has 0 aliphatic rings. The molecule has 0 radical (unpaired) electrons. The highest BCUT2D eigenvalue weighted by atomic mass is 32.2. The van der Waals surface area contributed by atoms with Gasteiger partial charge in [-0.15, -0.1) is 0 Å². The fourth-order valence-electron chi connectivity index (χ4n) is 2.52. The Labute approximate surface area is 149 Å². The number of nitrogens with one attached hydrogen (secondary N) is 2. The molecule has 3 rings (SSSR count). The van der Waals surface area contributed by atoms with Crippen LogP contribution in [0.2, 0.25) is 0 Å². The van der Waals surface area contributed by atoms with Crippen LogP contribution in [0.15, 0.2) is 58.2 Å². The van der Waals surface area contributed by atoms with Gasteiger partial charge in [-0.2, -0.15) is 5.10 Å². The van der Waals surface area contributed by atoms with Crippen LogP contribution in [-0.4, -0.2) is 24.5 Å². The molecule has 2 aromatic carbocycles. The van der Waals surface area contributed by atoms with Crippen LogP contribution in [0, 0.1) is 0 Å². The molecule has 26 heavy (non-hydrogen) atoms. The van der Waals surface area contributed by atoms with Crippen molar-refractivity contribution in [2.45, 2.75) is 17.9 Å². The number of nitrogens with zero attached hydrogens (tertiary/aromatic N) is 1. The first-order valence-electron chi connectivity index (χ1n) is 7.68. The van der Waals surface area contributed by atoms with Crippen LogP contribution in [0.4, 0.5) is 0 Å². The van der Waals surface area contributed by atoms with Gasteiger partial charge in [-0.1, -0.05) is 24.3 Å². The number of aromatic amines is 1. The number of rotatable bonds is 4. The number of hydrogen-bond donors (Lipinski definition) is 3. The Hall–Kier alpha value is -3.04. The molecule has 9 heteroatoms. The normalized spacial score (nSPS) is 12.7. The topological polar surface area (TPSA) is 135 Å². The quantitative estimate of drug-likeness (QED) is 0.629. The van der Waals surface area contributed by atoms with Crippen molar-refractivity contribution >= 4 is 26.8 Å². The summed E-state index contributed by atoms with van der Waals surface area (Å²) in [4.78, 5) is 24.8. The Morgan fingerprint density at radius 1 is 1.15 bits per heavy atom. The summed E-state index contributed by atoms with van der Waals surface area (Å²) >= 11 is 0. The second-order valence-corrected chi connectivity index (χ2v) is 7.32. The third-order valence-electron chi connectivity index (χ3n) is 3.95. The Morgan fingerprint density at radius 2 is 1.81 bits per heavy atom. The second-order valence-electron chi connectivity index (χ2n) is 5.76. The number of nitrogens with two attached hydrogens (primary N) is 1. The van der Waals surface area contributed by atoms with E-state index in [0.717, 1.165) is 0 Å². The number of hydrogen-bond acceptors (Lipinski definition) is 5. The number of benzene rings is 2. The molecular weight excluding hydrogens is 356 g/mol. The van der Waals surface area contributed by atoms with Gasteiger partial charge in [0.15, 0.2) is 5.69 Å². The predicted octanol–water partition coefficient (Wildman–Crippen LogP) is 1.06. The minimum atomic E-state index is -3.78. The van der Waals surface area contributed by atoms with Crippen molar-refractivity contribution in [3.05, 3.63) is 70.0 Å². The Balaban J connectivity index is 1.84. The molecule has 3 aromatic rings. The van der Waals surface area contributed by atoms with E-state index in [9.17, 15) is 18.0 Å². The highest BCUT2D eigenvalue weighted by Crippen LogP contribution is 2.16. The van der Waals surface area contributed by atoms with Gasteiger partial charge in [-0.05, 0) is 36.8 Å². The van der Waals surface area contributed by atoms with Gasteiger partial charge >= 0.3 is 0 Å². The van der Waals surface area contributed by atoms with Crippen molar-refractivity contribution in [3.8, 4) is 0 Å². The lowest BCUT2D eigenvalue weighted by molar-refractivity contribution is 0.0933. The average Bonchev–Trinajstić information content (AvgIpc) is 2.61. The molecule has 0 unspecified atom stereocenters. The number of fused-ring (bicyclic) bond motifs is 1. The zero-order valence-corrected chi connectivity index (χ0v) is 14.6. The molecule has 4 N–H and O–H groups in total. The summed E-state index contributed by atoms with van der Waals surface area (Å²) in [6, 6.07) is 12.1. The van der Waals surface area contributed by atoms with Crippen molar-refractivity contribution < 1.29 is 13.2 Å². The van der Waals surface area contributed by atoms with Crippen LogP contribution in [-0.2, 0) is 10.0 Å². The molecule has 134 valence electrons. The lowest BCUT2D eigenvalue weighted by Gasteiger charge is -2.14. The van der Waals surface area contributed by atoms with Gasteiger partial charge in [-0.3, -0.25) is 14.7 Å². The van der Waals surface area contributed by atoms with Crippen molar-refractivity contribution in [1.82, 2.24) is 15.5 Å². The van der Waals surface area contributed by atoms with Gasteiger partial charge in [0.05, 0.1) is 16.5 Å². The van der Waals surface area contributed by atoms with E-state index in [2.05, 4.69) is 15.5 Å². The molecule has 1 atom stereocenters. The number of aromatic nitrogens is 2. The van der Waals surface area contributed by atoms with E-state index in [1.54, 1.807) is 43.3 Å². The van der Waals surface area contributed by atoms with E-state index >= 15 is 0 Å². The molecule has 1 heterocycles. The molecule has 0 aliphatic heterocycles. The van der Waals surface area contributed by atoms with Gasteiger partial charge in [-0.25, -0.2) is 13.6 Å². The number of para-hydroxylation sites is 1. The van der Waals surface area contributed by atoms with Crippen molar-refractivity contribution in [3.63, 3.8) is 0 Å². The van der Waals surface area contributed by atoms with Gasteiger partial charge in [0.1, 0.15) is 0 Å². The van der Waals surface area contributed by atoms with E-state index < -0.39 is 27.4 Å². The Morgan fingerprint density at radius 3 is 2.46 bits per heavy atom. The minimum Gasteiger partial charge on any atom is -0.344 e. The SMILES string of the molecule is C[C@@H](NC(=O)c1n[nH]c2ccccc2c1=O)c1ccc(S(N)(=O)=O)cc1. The molecule has 0 saturated heterocycles. The standard InChI is InChI=1S/C17H16N4O4S/c1-10(11-6-8-12(9-7-11)26(18,24)25)19-17(23)15-16(22)13-4-2-3-5-14(13)20-21-15/h2-10H,1H3,(H,19,23)(H,20,22)(H2,18,24,25)/t10-/m1/s1. The van der Waals surface area contributed by atoms with Crippen LogP contribution in [0.25, 0.3) is 10.9 Å². The molecule has 0 spiro atoms. The van der Waals surface area contributed by atoms with Crippen LogP contribution in [0.3, 0.4) is 0 Å². The smallest absolute Gasteiger partial charge is 0.276 e. The molecule has 1 amide bonds. The maximum atomic E-state index is 12.4. The molecule has 0 saturated carbocycles. The maximum absolute atomic E-state index is 12.4. The molecule has 0 aliphatic carbocycles. The fraction of sp³-hybridized carbons (Fsp3) is 0.118. The predicted molar refractivity (Wildman–Crippen MR) is 96.1 cm³/mol. The summed E-state index contributed by atoms with van der Waals surface area (Å²) < 4.78 is 22.6. The van der Waals surface area contributed by atoms with E-state index in [-0.39, 0.29) is 10.6 Å². The number of H-pyrrole nitrogens is 1. The van der Waals surface area contributed by atoms with Crippen LogP contribution in [0.5, 0.6) is 0 Å². The number of sulfonamides is 1. The molecule has 0 fully saturated rings. The van der Waals surface area contributed by atoms with Gasteiger partial charge in [0, 0.05) is 5.39 Å². The summed E-state index contributed by atoms with van der Waals surface area (Å²) in [5.74, 6) is -0.625. The maximum Gasteiger partial charge on any atom is 0.276 e. The van der Waals surface area contributed by atoms with Crippen LogP contribution in [0.1, 0.15) is 29.0 Å². The fourth-order valence-corrected chi connectivity index (χ4v) is 3.04. The lowest BCUT2D eigenvalue weighted by atomic mass is 10.1. The first kappa shape index (κ1) is 17.8. The van der Waals surface area contributed by atoms with Crippen LogP contribution < -0.4 is 15.9 Å². The van der Waals surface area contributed by atoms with E-state index in [1.165, 1.54) is 12.1 Å². The van der Waals surface area contributed by atoms with Gasteiger partial charge < -0.3 is 5.32 Å². The molecular formula is C17H16N4O4S.